The minimum atomic E-state index is -0.934. The standard InChI is InChI=1S/C33H48O4/c1-3-5-7-8-9-11-26-13-15-27(16-14-26)12-10-24-36-29-19-17-28(18-20-29)32-25-30(37-23-6-4-2)21-22-31(32)33(34)35/h17-22,25-27H,3-16,23-24H2,1-2H3,(H,34,35). The largest absolute Gasteiger partial charge is 0.494 e. The predicted molar refractivity (Wildman–Crippen MR) is 153 cm³/mol. The van der Waals surface area contributed by atoms with Crippen molar-refractivity contribution < 1.29 is 19.4 Å². The van der Waals surface area contributed by atoms with Crippen LogP contribution < -0.4 is 9.47 Å². The summed E-state index contributed by atoms with van der Waals surface area (Å²) in [6.45, 7) is 5.77. The molecule has 3 rings (SSSR count). The molecule has 2 aromatic carbocycles. The number of hydrogen-bond donors (Lipinski definition) is 1. The number of rotatable bonds is 17. The molecule has 1 fully saturated rings. The molecule has 2 aromatic rings. The van der Waals surface area contributed by atoms with Gasteiger partial charge in [0.15, 0.2) is 0 Å². The van der Waals surface area contributed by atoms with E-state index in [0.717, 1.165) is 49.0 Å². The first-order valence-corrected chi connectivity index (χ1v) is 14.8. The zero-order chi connectivity index (χ0) is 26.3. The molecule has 0 atom stereocenters. The summed E-state index contributed by atoms with van der Waals surface area (Å²) in [5.41, 5.74) is 1.81. The topological polar surface area (TPSA) is 55.8 Å². The fraction of sp³-hybridized carbons (Fsp3) is 0.606. The van der Waals surface area contributed by atoms with Crippen LogP contribution in [0.25, 0.3) is 11.1 Å². The maximum Gasteiger partial charge on any atom is 0.336 e. The van der Waals surface area contributed by atoms with Gasteiger partial charge in [-0.2, -0.15) is 0 Å². The smallest absolute Gasteiger partial charge is 0.336 e. The first kappa shape index (κ1) is 29.1. The molecule has 1 aliphatic carbocycles. The molecule has 0 aromatic heterocycles. The summed E-state index contributed by atoms with van der Waals surface area (Å²) in [6, 6.07) is 13.0. The van der Waals surface area contributed by atoms with Crippen LogP contribution in [0.4, 0.5) is 0 Å². The summed E-state index contributed by atoms with van der Waals surface area (Å²) in [6.07, 6.45) is 18.4. The van der Waals surface area contributed by atoms with Crippen LogP contribution in [0.3, 0.4) is 0 Å². The highest BCUT2D eigenvalue weighted by Gasteiger charge is 2.20. The van der Waals surface area contributed by atoms with E-state index in [9.17, 15) is 9.90 Å². The normalized spacial score (nSPS) is 17.5. The first-order valence-electron chi connectivity index (χ1n) is 14.8. The lowest BCUT2D eigenvalue weighted by atomic mass is 9.78. The van der Waals surface area contributed by atoms with Crippen molar-refractivity contribution in [2.75, 3.05) is 13.2 Å². The van der Waals surface area contributed by atoms with Gasteiger partial charge in [-0.05, 0) is 72.6 Å². The summed E-state index contributed by atoms with van der Waals surface area (Å²) < 4.78 is 11.8. The van der Waals surface area contributed by atoms with E-state index in [1.165, 1.54) is 70.6 Å². The van der Waals surface area contributed by atoms with Gasteiger partial charge in [0.05, 0.1) is 18.8 Å². The van der Waals surface area contributed by atoms with Gasteiger partial charge in [0.25, 0.3) is 0 Å². The van der Waals surface area contributed by atoms with E-state index in [2.05, 4.69) is 13.8 Å². The molecule has 0 bridgehead atoms. The molecule has 1 saturated carbocycles. The van der Waals surface area contributed by atoms with Crippen molar-refractivity contribution in [2.45, 2.75) is 104 Å². The van der Waals surface area contributed by atoms with Crippen LogP contribution in [0.15, 0.2) is 42.5 Å². The average molecular weight is 509 g/mol. The summed E-state index contributed by atoms with van der Waals surface area (Å²) in [5, 5.41) is 9.65. The average Bonchev–Trinajstić information content (AvgIpc) is 2.92. The molecule has 0 radical (unpaired) electrons. The summed E-state index contributed by atoms with van der Waals surface area (Å²) >= 11 is 0. The van der Waals surface area contributed by atoms with Gasteiger partial charge in [0.1, 0.15) is 11.5 Å². The Hall–Kier alpha value is -2.49. The Morgan fingerprint density at radius 2 is 1.30 bits per heavy atom. The van der Waals surface area contributed by atoms with Gasteiger partial charge >= 0.3 is 5.97 Å². The maximum atomic E-state index is 11.8. The molecule has 4 heteroatoms. The van der Waals surface area contributed by atoms with Crippen molar-refractivity contribution in [3.8, 4) is 22.6 Å². The Morgan fingerprint density at radius 1 is 0.730 bits per heavy atom. The third kappa shape index (κ3) is 10.1. The number of ether oxygens (including phenoxy) is 2. The Kier molecular flexibility index (Phi) is 12.9. The van der Waals surface area contributed by atoms with Gasteiger partial charge in [-0.3, -0.25) is 0 Å². The van der Waals surface area contributed by atoms with Crippen LogP contribution in [-0.2, 0) is 0 Å². The second kappa shape index (κ2) is 16.4. The zero-order valence-electron chi connectivity index (χ0n) is 23.2. The van der Waals surface area contributed by atoms with Crippen LogP contribution in [0.5, 0.6) is 11.5 Å². The fourth-order valence-electron chi connectivity index (χ4n) is 5.51. The second-order valence-corrected chi connectivity index (χ2v) is 10.8. The lowest BCUT2D eigenvalue weighted by Crippen LogP contribution is -2.15. The quantitative estimate of drug-likeness (QED) is 0.216. The number of carbonyl (C=O) groups is 1. The minimum absolute atomic E-state index is 0.280. The zero-order valence-corrected chi connectivity index (χ0v) is 23.2. The van der Waals surface area contributed by atoms with E-state index in [0.29, 0.717) is 17.9 Å². The number of unbranched alkanes of at least 4 members (excludes halogenated alkanes) is 5. The maximum absolute atomic E-state index is 11.8. The molecule has 0 aliphatic heterocycles. The van der Waals surface area contributed by atoms with Crippen molar-refractivity contribution in [3.05, 3.63) is 48.0 Å². The molecule has 1 aliphatic rings. The Labute approximate surface area is 224 Å². The van der Waals surface area contributed by atoms with Gasteiger partial charge in [-0.15, -0.1) is 0 Å². The van der Waals surface area contributed by atoms with E-state index >= 15 is 0 Å². The Balaban J connectivity index is 1.40. The molecule has 0 amide bonds. The van der Waals surface area contributed by atoms with Crippen LogP contribution in [0.2, 0.25) is 0 Å². The number of carboxylic acids is 1. The minimum Gasteiger partial charge on any atom is -0.494 e. The molecule has 1 N–H and O–H groups in total. The number of carboxylic acid groups (broad SMARTS) is 1. The summed E-state index contributed by atoms with van der Waals surface area (Å²) in [5.74, 6) is 2.44. The highest BCUT2D eigenvalue weighted by atomic mass is 16.5. The van der Waals surface area contributed by atoms with E-state index in [-0.39, 0.29) is 5.56 Å². The predicted octanol–water partition coefficient (Wildman–Crippen LogP) is 9.56. The van der Waals surface area contributed by atoms with Crippen molar-refractivity contribution >= 4 is 5.97 Å². The highest BCUT2D eigenvalue weighted by molar-refractivity contribution is 5.96. The van der Waals surface area contributed by atoms with Gasteiger partial charge in [-0.25, -0.2) is 4.79 Å². The van der Waals surface area contributed by atoms with Crippen LogP contribution >= 0.6 is 0 Å². The fourth-order valence-corrected chi connectivity index (χ4v) is 5.51. The molecule has 0 spiro atoms. The lowest BCUT2D eigenvalue weighted by molar-refractivity contribution is 0.0697. The molecule has 0 saturated heterocycles. The summed E-state index contributed by atoms with van der Waals surface area (Å²) in [4.78, 5) is 11.8. The van der Waals surface area contributed by atoms with Crippen molar-refractivity contribution in [3.63, 3.8) is 0 Å². The van der Waals surface area contributed by atoms with Crippen LogP contribution in [0.1, 0.15) is 114 Å². The lowest BCUT2D eigenvalue weighted by Gasteiger charge is -2.28. The van der Waals surface area contributed by atoms with Crippen molar-refractivity contribution in [1.29, 1.82) is 0 Å². The molecule has 37 heavy (non-hydrogen) atoms. The summed E-state index contributed by atoms with van der Waals surface area (Å²) in [7, 11) is 0. The van der Waals surface area contributed by atoms with E-state index in [1.807, 2.05) is 30.3 Å². The highest BCUT2D eigenvalue weighted by Crippen LogP contribution is 2.34. The van der Waals surface area contributed by atoms with Gasteiger partial charge < -0.3 is 14.6 Å². The molecule has 4 nitrogen and oxygen atoms in total. The van der Waals surface area contributed by atoms with E-state index in [1.54, 1.807) is 12.1 Å². The van der Waals surface area contributed by atoms with Crippen molar-refractivity contribution in [2.24, 2.45) is 11.8 Å². The monoisotopic (exact) mass is 508 g/mol. The van der Waals surface area contributed by atoms with Crippen LogP contribution in [-0.4, -0.2) is 24.3 Å². The number of benzene rings is 2. The number of hydrogen-bond acceptors (Lipinski definition) is 3. The van der Waals surface area contributed by atoms with Gasteiger partial charge in [-0.1, -0.05) is 96.6 Å². The molecule has 0 unspecified atom stereocenters. The number of aromatic carboxylic acids is 1. The first-order chi connectivity index (χ1) is 18.1. The SMILES string of the molecule is CCCCCCCC1CCC(CCCOc2ccc(-c3cc(OCCCC)ccc3C(=O)O)cc2)CC1. The Bertz CT molecular complexity index is 912. The molecular formula is C33H48O4. The van der Waals surface area contributed by atoms with E-state index in [4.69, 9.17) is 9.47 Å². The molecular weight excluding hydrogens is 460 g/mol. The Morgan fingerprint density at radius 3 is 1.95 bits per heavy atom. The third-order valence-corrected chi connectivity index (χ3v) is 7.86. The molecule has 204 valence electrons. The molecule has 0 heterocycles. The third-order valence-electron chi connectivity index (χ3n) is 7.86. The van der Waals surface area contributed by atoms with Crippen LogP contribution in [0, 0.1) is 11.8 Å². The van der Waals surface area contributed by atoms with Gasteiger partial charge in [0.2, 0.25) is 0 Å². The van der Waals surface area contributed by atoms with Gasteiger partial charge in [0, 0.05) is 0 Å². The second-order valence-electron chi connectivity index (χ2n) is 10.8. The van der Waals surface area contributed by atoms with Crippen molar-refractivity contribution in [1.82, 2.24) is 0 Å². The van der Waals surface area contributed by atoms with E-state index < -0.39 is 5.97 Å².